The molecule has 2 saturated heterocycles. The molecule has 7 nitrogen and oxygen atoms in total. The quantitative estimate of drug-likeness (QED) is 0.594. The lowest BCUT2D eigenvalue weighted by atomic mass is 10.1. The first-order valence-electron chi connectivity index (χ1n) is 6.13. The van der Waals surface area contributed by atoms with Gasteiger partial charge in [0, 0.05) is 6.42 Å². The van der Waals surface area contributed by atoms with Crippen LogP contribution in [0.25, 0.3) is 0 Å². The van der Waals surface area contributed by atoms with Gasteiger partial charge in [-0.05, 0) is 25.8 Å². The average molecular weight is 255 g/mol. The molecule has 7 heteroatoms. The fourth-order valence-corrected chi connectivity index (χ4v) is 2.53. The summed E-state index contributed by atoms with van der Waals surface area (Å²) in [7, 11) is 0. The molecule has 3 N–H and O–H groups in total. The van der Waals surface area contributed by atoms with Gasteiger partial charge >= 0.3 is 5.97 Å². The second-order valence-corrected chi connectivity index (χ2v) is 4.58. The number of carboxylic acids is 1. The molecular formula is C11H17N3O4. The summed E-state index contributed by atoms with van der Waals surface area (Å²) in [5.41, 5.74) is 0. The number of hydrogen-bond acceptors (Lipinski definition) is 4. The Morgan fingerprint density at radius 2 is 2.22 bits per heavy atom. The third kappa shape index (κ3) is 2.61. The van der Waals surface area contributed by atoms with Gasteiger partial charge < -0.3 is 15.3 Å². The lowest BCUT2D eigenvalue weighted by Crippen LogP contribution is -2.53. The van der Waals surface area contributed by atoms with Gasteiger partial charge in [0.25, 0.3) is 0 Å². The molecule has 2 aliphatic heterocycles. The molecular weight excluding hydrogens is 238 g/mol. The van der Waals surface area contributed by atoms with Crippen LogP contribution in [-0.2, 0) is 14.4 Å². The third-order valence-corrected chi connectivity index (χ3v) is 3.34. The molecule has 2 fully saturated rings. The first-order chi connectivity index (χ1) is 8.59. The van der Waals surface area contributed by atoms with Gasteiger partial charge in [-0.3, -0.25) is 19.7 Å². The Balaban J connectivity index is 2.06. The van der Waals surface area contributed by atoms with E-state index in [4.69, 9.17) is 5.11 Å². The fraction of sp³-hybridized carbons (Fsp3) is 0.727. The highest BCUT2D eigenvalue weighted by molar-refractivity contribution is 5.90. The van der Waals surface area contributed by atoms with E-state index in [0.29, 0.717) is 19.3 Å². The Morgan fingerprint density at radius 3 is 2.94 bits per heavy atom. The monoisotopic (exact) mass is 255 g/mol. The predicted octanol–water partition coefficient (Wildman–Crippen LogP) is -1.11. The maximum Gasteiger partial charge on any atom is 0.322 e. The molecule has 0 saturated carbocycles. The normalized spacial score (nSPS) is 27.6. The van der Waals surface area contributed by atoms with Crippen LogP contribution in [-0.4, -0.2) is 53.1 Å². The number of amides is 2. The van der Waals surface area contributed by atoms with Crippen LogP contribution in [0.4, 0.5) is 0 Å². The maximum absolute atomic E-state index is 11.9. The van der Waals surface area contributed by atoms with E-state index < -0.39 is 18.6 Å². The Hall–Kier alpha value is -1.63. The molecule has 2 atom stereocenters. The number of carbonyl (C=O) groups is 3. The molecule has 0 aromatic rings. The van der Waals surface area contributed by atoms with E-state index in [9.17, 15) is 14.4 Å². The summed E-state index contributed by atoms with van der Waals surface area (Å²) in [4.78, 5) is 35.8. The first-order valence-corrected chi connectivity index (χ1v) is 6.13. The summed E-state index contributed by atoms with van der Waals surface area (Å²) >= 11 is 0. The summed E-state index contributed by atoms with van der Waals surface area (Å²) in [6, 6.07) is -0.542. The molecule has 18 heavy (non-hydrogen) atoms. The minimum Gasteiger partial charge on any atom is -0.480 e. The van der Waals surface area contributed by atoms with Crippen molar-refractivity contribution in [2.24, 2.45) is 0 Å². The molecule has 0 unspecified atom stereocenters. The van der Waals surface area contributed by atoms with E-state index >= 15 is 0 Å². The van der Waals surface area contributed by atoms with E-state index in [1.807, 2.05) is 0 Å². The van der Waals surface area contributed by atoms with Crippen LogP contribution in [0, 0.1) is 0 Å². The van der Waals surface area contributed by atoms with Crippen molar-refractivity contribution in [1.29, 1.82) is 0 Å². The van der Waals surface area contributed by atoms with Gasteiger partial charge in [-0.2, -0.15) is 0 Å². The summed E-state index contributed by atoms with van der Waals surface area (Å²) in [6.45, 7) is 0.368. The molecule has 2 aliphatic rings. The number of fused-ring (bicyclic) bond motifs is 1. The lowest BCUT2D eigenvalue weighted by Gasteiger charge is -2.29. The Kier molecular flexibility index (Phi) is 3.81. The van der Waals surface area contributed by atoms with Crippen molar-refractivity contribution in [3.63, 3.8) is 0 Å². The summed E-state index contributed by atoms with van der Waals surface area (Å²) < 4.78 is 0. The minimum absolute atomic E-state index is 0.0372. The summed E-state index contributed by atoms with van der Waals surface area (Å²) in [5.74, 6) is -1.49. The number of carboxylic acid groups (broad SMARTS) is 1. The second kappa shape index (κ2) is 5.34. The van der Waals surface area contributed by atoms with Crippen molar-refractivity contribution in [3.8, 4) is 0 Å². The van der Waals surface area contributed by atoms with Gasteiger partial charge in [0.1, 0.15) is 12.6 Å². The van der Waals surface area contributed by atoms with Crippen LogP contribution in [0.5, 0.6) is 0 Å². The zero-order chi connectivity index (χ0) is 13.1. The van der Waals surface area contributed by atoms with Crippen LogP contribution in [0.1, 0.15) is 25.7 Å². The minimum atomic E-state index is -1.08. The molecule has 2 amide bonds. The van der Waals surface area contributed by atoms with E-state index in [0.717, 1.165) is 13.0 Å². The molecule has 0 bridgehead atoms. The van der Waals surface area contributed by atoms with Crippen molar-refractivity contribution in [3.05, 3.63) is 0 Å². The van der Waals surface area contributed by atoms with Gasteiger partial charge in [-0.1, -0.05) is 0 Å². The molecule has 2 heterocycles. The molecule has 0 aromatic heterocycles. The van der Waals surface area contributed by atoms with Crippen molar-refractivity contribution in [2.45, 2.75) is 37.9 Å². The number of nitrogens with zero attached hydrogens (tertiary/aromatic N) is 1. The Bertz CT molecular complexity index is 371. The SMILES string of the molecule is O=C(O)CNC(=O)[C@@H]1CCCN[C@H]2CCC(=O)N21. The topological polar surface area (TPSA) is 98.7 Å². The van der Waals surface area contributed by atoms with Crippen molar-refractivity contribution < 1.29 is 19.5 Å². The highest BCUT2D eigenvalue weighted by Gasteiger charge is 2.40. The molecule has 0 spiro atoms. The molecule has 0 radical (unpaired) electrons. The highest BCUT2D eigenvalue weighted by atomic mass is 16.4. The van der Waals surface area contributed by atoms with Crippen LogP contribution in [0.3, 0.4) is 0 Å². The molecule has 2 rings (SSSR count). The molecule has 0 aromatic carbocycles. The van der Waals surface area contributed by atoms with Gasteiger partial charge in [0.15, 0.2) is 0 Å². The molecule has 100 valence electrons. The van der Waals surface area contributed by atoms with Crippen molar-refractivity contribution in [1.82, 2.24) is 15.5 Å². The summed E-state index contributed by atoms with van der Waals surface area (Å²) in [5, 5.41) is 14.1. The number of carbonyl (C=O) groups excluding carboxylic acids is 2. The highest BCUT2D eigenvalue weighted by Crippen LogP contribution is 2.24. The number of nitrogens with one attached hydrogen (secondary N) is 2. The third-order valence-electron chi connectivity index (χ3n) is 3.34. The zero-order valence-corrected chi connectivity index (χ0v) is 10.0. The van der Waals surface area contributed by atoms with Crippen LogP contribution in [0.15, 0.2) is 0 Å². The van der Waals surface area contributed by atoms with Crippen LogP contribution >= 0.6 is 0 Å². The second-order valence-electron chi connectivity index (χ2n) is 4.58. The largest absolute Gasteiger partial charge is 0.480 e. The van der Waals surface area contributed by atoms with E-state index in [-0.39, 0.29) is 18.0 Å². The smallest absolute Gasteiger partial charge is 0.322 e. The number of rotatable bonds is 3. The van der Waals surface area contributed by atoms with Gasteiger partial charge in [0.2, 0.25) is 11.8 Å². The number of hydrogen-bond donors (Lipinski definition) is 3. The Morgan fingerprint density at radius 1 is 1.44 bits per heavy atom. The van der Waals surface area contributed by atoms with Crippen LogP contribution in [0.2, 0.25) is 0 Å². The van der Waals surface area contributed by atoms with E-state index in [2.05, 4.69) is 10.6 Å². The van der Waals surface area contributed by atoms with Gasteiger partial charge in [0.05, 0.1) is 6.17 Å². The maximum atomic E-state index is 11.9. The van der Waals surface area contributed by atoms with Crippen LogP contribution < -0.4 is 10.6 Å². The zero-order valence-electron chi connectivity index (χ0n) is 10.0. The van der Waals surface area contributed by atoms with Gasteiger partial charge in [-0.25, -0.2) is 0 Å². The predicted molar refractivity (Wildman–Crippen MR) is 61.5 cm³/mol. The summed E-state index contributed by atoms with van der Waals surface area (Å²) in [6.07, 6.45) is 2.44. The molecule has 0 aliphatic carbocycles. The van der Waals surface area contributed by atoms with Crippen molar-refractivity contribution >= 4 is 17.8 Å². The number of aliphatic carboxylic acids is 1. The first kappa shape index (κ1) is 12.8. The van der Waals surface area contributed by atoms with Gasteiger partial charge in [-0.15, -0.1) is 0 Å². The average Bonchev–Trinajstić information content (AvgIpc) is 2.58. The lowest BCUT2D eigenvalue weighted by molar-refractivity contribution is -0.141. The Labute approximate surface area is 105 Å². The van der Waals surface area contributed by atoms with E-state index in [1.54, 1.807) is 4.90 Å². The van der Waals surface area contributed by atoms with E-state index in [1.165, 1.54) is 0 Å². The fourth-order valence-electron chi connectivity index (χ4n) is 2.53. The van der Waals surface area contributed by atoms with Crippen molar-refractivity contribution in [2.75, 3.05) is 13.1 Å². The standard InChI is InChI=1S/C11H17N3O4/c15-9-4-3-8-12-5-1-2-7(14(8)9)11(18)13-6-10(16)17/h7-8,12H,1-6H2,(H,13,18)(H,16,17)/t7-,8+/m0/s1.